The van der Waals surface area contributed by atoms with Crippen LogP contribution < -0.4 is 10.6 Å². The van der Waals surface area contributed by atoms with Gasteiger partial charge in [0.25, 0.3) is 0 Å². The highest BCUT2D eigenvalue weighted by Gasteiger charge is 2.21. The number of fused-ring (bicyclic) bond motifs is 1. The van der Waals surface area contributed by atoms with E-state index in [1.807, 2.05) is 87.5 Å². The van der Waals surface area contributed by atoms with Crippen LogP contribution >= 0.6 is 11.8 Å². The Morgan fingerprint density at radius 3 is 2.29 bits per heavy atom. The summed E-state index contributed by atoms with van der Waals surface area (Å²) in [7, 11) is 1.80. The number of aliphatic imine (C=N–C) groups is 1. The van der Waals surface area contributed by atoms with Crippen LogP contribution in [0.3, 0.4) is 0 Å². The van der Waals surface area contributed by atoms with Crippen LogP contribution in [0, 0.1) is 13.8 Å². The molecule has 3 aromatic rings. The van der Waals surface area contributed by atoms with E-state index in [1.54, 1.807) is 11.9 Å². The topological polar surface area (TPSA) is 75.8 Å². The lowest BCUT2D eigenvalue weighted by atomic mass is 10.0. The maximum atomic E-state index is 12.0. The Hall–Kier alpha value is -3.38. The second-order valence-electron chi connectivity index (χ2n) is 7.52. The molecule has 1 heterocycles. The van der Waals surface area contributed by atoms with Gasteiger partial charge in [-0.15, -0.1) is 11.8 Å². The van der Waals surface area contributed by atoms with Gasteiger partial charge in [0.2, 0.25) is 11.8 Å². The minimum absolute atomic E-state index is 0.0124. The van der Waals surface area contributed by atoms with E-state index >= 15 is 0 Å². The Labute approximate surface area is 207 Å². The average Bonchev–Trinajstić information content (AvgIpc) is 2.97. The number of likely N-dealkylation sites (N-methyl/N-ethyl adjacent to an activating group) is 1. The van der Waals surface area contributed by atoms with E-state index < -0.39 is 0 Å². The van der Waals surface area contributed by atoms with Gasteiger partial charge in [0.1, 0.15) is 6.54 Å². The predicted molar refractivity (Wildman–Crippen MR) is 144 cm³/mol. The summed E-state index contributed by atoms with van der Waals surface area (Å²) in [5.41, 5.74) is 11.3. The molecule has 2 amide bonds. The summed E-state index contributed by atoms with van der Waals surface area (Å²) in [6, 6.07) is 24.0. The first-order chi connectivity index (χ1) is 16.4. The summed E-state index contributed by atoms with van der Waals surface area (Å²) in [5, 5.41) is 0. The first kappa shape index (κ1) is 26.9. The number of benzodiazepines with no additional fused rings is 1. The van der Waals surface area contributed by atoms with Gasteiger partial charge in [-0.05, 0) is 31.5 Å². The molecule has 1 aliphatic heterocycles. The van der Waals surface area contributed by atoms with Gasteiger partial charge >= 0.3 is 0 Å². The molecule has 0 saturated carbocycles. The van der Waals surface area contributed by atoms with Gasteiger partial charge in [-0.3, -0.25) is 14.6 Å². The van der Waals surface area contributed by atoms with Gasteiger partial charge in [-0.25, -0.2) is 0 Å². The van der Waals surface area contributed by atoms with Crippen molar-refractivity contribution < 1.29 is 9.59 Å². The van der Waals surface area contributed by atoms with Gasteiger partial charge in [-0.2, -0.15) is 0 Å². The molecular weight excluding hydrogens is 442 g/mol. The molecular formula is C28H33N3O2S. The Bertz CT molecular complexity index is 1140. The number of hydrogen-bond donors (Lipinski definition) is 1. The van der Waals surface area contributed by atoms with Gasteiger partial charge in [0.15, 0.2) is 0 Å². The molecule has 0 bridgehead atoms. The van der Waals surface area contributed by atoms with Crippen LogP contribution in [-0.4, -0.2) is 36.9 Å². The maximum absolute atomic E-state index is 12.0. The van der Waals surface area contributed by atoms with Crippen LogP contribution in [0.15, 0.2) is 82.7 Å². The first-order valence-corrected chi connectivity index (χ1v) is 12.3. The number of hydrogen-bond acceptors (Lipinski definition) is 4. The number of para-hydroxylation sites is 1. The molecule has 0 atom stereocenters. The molecule has 6 heteroatoms. The number of rotatable bonds is 4. The summed E-state index contributed by atoms with van der Waals surface area (Å²) in [6.07, 6.45) is 0. The number of nitrogens with two attached hydrogens (primary N) is 1. The first-order valence-electron chi connectivity index (χ1n) is 11.3. The molecule has 0 unspecified atom stereocenters. The summed E-state index contributed by atoms with van der Waals surface area (Å²) >= 11 is 1.49. The second-order valence-corrected chi connectivity index (χ2v) is 8.54. The van der Waals surface area contributed by atoms with Crippen LogP contribution in [0.5, 0.6) is 0 Å². The molecule has 0 spiro atoms. The van der Waals surface area contributed by atoms with Crippen LogP contribution in [0.2, 0.25) is 0 Å². The zero-order valence-electron chi connectivity index (χ0n) is 20.5. The highest BCUT2D eigenvalue weighted by molar-refractivity contribution is 8.00. The standard InChI is InChI=1S/C16H14N2O.C10H13NOS.C2H6/c1-18-14-10-6-5-9-13(14)16(17-11-15(18)19)12-7-3-2-4-8-12;1-7-3-4-9(8(2)5-7)13-6-10(11)12;1-2/h2-10H,11H2,1H3;3-5H,6H2,1-2H3,(H2,11,12);1-2H3. The highest BCUT2D eigenvalue weighted by atomic mass is 32.2. The van der Waals surface area contributed by atoms with E-state index in [0.717, 1.165) is 27.4 Å². The monoisotopic (exact) mass is 475 g/mol. The number of benzene rings is 3. The maximum Gasteiger partial charge on any atom is 0.248 e. The Kier molecular flexibility index (Phi) is 10.6. The molecule has 0 radical (unpaired) electrons. The van der Waals surface area contributed by atoms with Crippen molar-refractivity contribution in [2.75, 3.05) is 24.2 Å². The van der Waals surface area contributed by atoms with Gasteiger partial charge in [0.05, 0.1) is 17.2 Å². The molecule has 0 aromatic heterocycles. The number of carbonyl (C=O) groups excluding carboxylic acids is 2. The van der Waals surface area contributed by atoms with Gasteiger partial charge < -0.3 is 10.6 Å². The molecule has 2 N–H and O–H groups in total. The summed E-state index contributed by atoms with van der Waals surface area (Å²) in [5.74, 6) is 0.0903. The van der Waals surface area contributed by atoms with E-state index in [-0.39, 0.29) is 18.4 Å². The second kappa shape index (κ2) is 13.4. The van der Waals surface area contributed by atoms with E-state index in [0.29, 0.717) is 5.75 Å². The van der Waals surface area contributed by atoms with Crippen molar-refractivity contribution in [1.29, 1.82) is 0 Å². The van der Waals surface area contributed by atoms with Crippen LogP contribution in [0.4, 0.5) is 5.69 Å². The number of amides is 2. The van der Waals surface area contributed by atoms with E-state index in [2.05, 4.69) is 18.0 Å². The summed E-state index contributed by atoms with van der Waals surface area (Å²) in [6.45, 7) is 8.28. The number of primary amides is 1. The van der Waals surface area contributed by atoms with Crippen molar-refractivity contribution in [2.24, 2.45) is 10.7 Å². The SMILES string of the molecule is CC.CN1C(=O)CN=C(c2ccccc2)c2ccccc21.Cc1ccc(SCC(N)=O)c(C)c1. The lowest BCUT2D eigenvalue weighted by molar-refractivity contribution is -0.117. The predicted octanol–water partition coefficient (Wildman–Crippen LogP) is 5.41. The third kappa shape index (κ3) is 7.32. The molecule has 0 saturated heterocycles. The number of nitrogens with zero attached hydrogens (tertiary/aromatic N) is 2. The lowest BCUT2D eigenvalue weighted by Crippen LogP contribution is -2.27. The Morgan fingerprint density at radius 2 is 1.65 bits per heavy atom. The largest absolute Gasteiger partial charge is 0.369 e. The summed E-state index contributed by atoms with van der Waals surface area (Å²) < 4.78 is 0. The van der Waals surface area contributed by atoms with E-state index in [1.165, 1.54) is 22.9 Å². The number of thioether (sulfide) groups is 1. The molecule has 4 rings (SSSR count). The van der Waals surface area contributed by atoms with Crippen LogP contribution in [0.25, 0.3) is 0 Å². The number of carbonyl (C=O) groups is 2. The molecule has 5 nitrogen and oxygen atoms in total. The van der Waals surface area contributed by atoms with Gasteiger partial charge in [-0.1, -0.05) is 80.1 Å². The van der Waals surface area contributed by atoms with E-state index in [9.17, 15) is 9.59 Å². The lowest BCUT2D eigenvalue weighted by Gasteiger charge is -2.17. The third-order valence-corrected chi connectivity index (χ3v) is 6.21. The van der Waals surface area contributed by atoms with Crippen molar-refractivity contribution in [3.8, 4) is 0 Å². The van der Waals surface area contributed by atoms with Crippen molar-refractivity contribution in [2.45, 2.75) is 32.6 Å². The highest BCUT2D eigenvalue weighted by Crippen LogP contribution is 2.25. The third-order valence-electron chi connectivity index (χ3n) is 5.01. The summed E-state index contributed by atoms with van der Waals surface area (Å²) in [4.78, 5) is 29.8. The fourth-order valence-corrected chi connectivity index (χ4v) is 4.14. The molecule has 0 aliphatic carbocycles. The minimum atomic E-state index is -0.273. The minimum Gasteiger partial charge on any atom is -0.369 e. The molecule has 34 heavy (non-hydrogen) atoms. The molecule has 178 valence electrons. The van der Waals surface area contributed by atoms with Crippen molar-refractivity contribution in [1.82, 2.24) is 0 Å². The van der Waals surface area contributed by atoms with Crippen LogP contribution in [-0.2, 0) is 9.59 Å². The number of anilines is 1. The normalized spacial score (nSPS) is 12.2. The zero-order valence-corrected chi connectivity index (χ0v) is 21.4. The number of aryl methyl sites for hydroxylation is 2. The van der Waals surface area contributed by atoms with Gasteiger partial charge in [0, 0.05) is 23.1 Å². The van der Waals surface area contributed by atoms with E-state index in [4.69, 9.17) is 5.73 Å². The average molecular weight is 476 g/mol. The fraction of sp³-hybridized carbons (Fsp3) is 0.250. The van der Waals surface area contributed by atoms with Crippen molar-refractivity contribution >= 4 is 35.0 Å². The Morgan fingerprint density at radius 1 is 1.00 bits per heavy atom. The smallest absolute Gasteiger partial charge is 0.248 e. The zero-order chi connectivity index (χ0) is 25.1. The van der Waals surface area contributed by atoms with Crippen molar-refractivity contribution in [3.05, 3.63) is 95.1 Å². The Balaban J connectivity index is 0.000000239. The fourth-order valence-electron chi connectivity index (χ4n) is 3.39. The molecule has 0 fully saturated rings. The van der Waals surface area contributed by atoms with Crippen molar-refractivity contribution in [3.63, 3.8) is 0 Å². The molecule has 3 aromatic carbocycles. The van der Waals surface area contributed by atoms with Crippen LogP contribution in [0.1, 0.15) is 36.1 Å². The molecule has 1 aliphatic rings. The quantitative estimate of drug-likeness (QED) is 0.513.